The smallest absolute Gasteiger partial charge is 0.146 e. The second kappa shape index (κ2) is 5.47. The molecule has 2 rings (SSSR count). The van der Waals surface area contributed by atoms with Gasteiger partial charge in [-0.2, -0.15) is 0 Å². The number of anilines is 1. The van der Waals surface area contributed by atoms with E-state index in [1.54, 1.807) is 12.1 Å². The van der Waals surface area contributed by atoms with Crippen LogP contribution in [0.15, 0.2) is 18.2 Å². The summed E-state index contributed by atoms with van der Waals surface area (Å²) in [5, 5.41) is 18.0. The van der Waals surface area contributed by atoms with Gasteiger partial charge in [-0.1, -0.05) is 6.07 Å². The topological polar surface area (TPSA) is 43.7 Å². The number of piperidine rings is 1. The fourth-order valence-electron chi connectivity index (χ4n) is 2.26. The van der Waals surface area contributed by atoms with E-state index in [1.807, 2.05) is 4.90 Å². The summed E-state index contributed by atoms with van der Waals surface area (Å²) in [6, 6.07) is 4.85. The number of hydrogen-bond acceptors (Lipinski definition) is 3. The lowest BCUT2D eigenvalue weighted by molar-refractivity contribution is 0.203. The molecule has 1 aliphatic rings. The Labute approximate surface area is 100 Å². The molecule has 3 nitrogen and oxygen atoms in total. The second-order valence-corrected chi connectivity index (χ2v) is 4.56. The molecule has 0 aliphatic carbocycles. The number of aliphatic hydroxyl groups excluding tert-OH is 2. The summed E-state index contributed by atoms with van der Waals surface area (Å²) in [7, 11) is 0. The largest absolute Gasteiger partial charge is 0.396 e. The van der Waals surface area contributed by atoms with Crippen molar-refractivity contribution < 1.29 is 14.6 Å². The first-order valence-electron chi connectivity index (χ1n) is 5.99. The molecule has 0 amide bonds. The van der Waals surface area contributed by atoms with Gasteiger partial charge in [0.25, 0.3) is 0 Å². The zero-order valence-corrected chi connectivity index (χ0v) is 9.77. The van der Waals surface area contributed by atoms with Crippen molar-refractivity contribution in [1.82, 2.24) is 0 Å². The third-order valence-corrected chi connectivity index (χ3v) is 3.41. The van der Waals surface area contributed by atoms with Crippen molar-refractivity contribution in [2.45, 2.75) is 19.4 Å². The van der Waals surface area contributed by atoms with E-state index >= 15 is 0 Å². The predicted octanol–water partition coefficient (Wildman–Crippen LogP) is 1.53. The molecule has 0 saturated carbocycles. The van der Waals surface area contributed by atoms with Crippen LogP contribution in [0.2, 0.25) is 0 Å². The highest BCUT2D eigenvalue weighted by molar-refractivity contribution is 5.49. The highest BCUT2D eigenvalue weighted by Crippen LogP contribution is 2.26. The minimum absolute atomic E-state index is 0.135. The summed E-state index contributed by atoms with van der Waals surface area (Å²) in [6.45, 7) is 1.64. The zero-order chi connectivity index (χ0) is 12.3. The fourth-order valence-corrected chi connectivity index (χ4v) is 2.26. The second-order valence-electron chi connectivity index (χ2n) is 4.56. The first-order valence-corrected chi connectivity index (χ1v) is 5.99. The molecule has 1 aromatic rings. The van der Waals surface area contributed by atoms with Crippen molar-refractivity contribution in [3.63, 3.8) is 0 Å². The van der Waals surface area contributed by atoms with Crippen LogP contribution in [0.3, 0.4) is 0 Å². The fraction of sp³-hybridized carbons (Fsp3) is 0.538. The van der Waals surface area contributed by atoms with Crippen molar-refractivity contribution >= 4 is 5.69 Å². The zero-order valence-electron chi connectivity index (χ0n) is 9.77. The van der Waals surface area contributed by atoms with Crippen LogP contribution in [0.5, 0.6) is 0 Å². The molecule has 0 unspecified atom stereocenters. The van der Waals surface area contributed by atoms with Crippen molar-refractivity contribution in [2.24, 2.45) is 5.92 Å². The third kappa shape index (κ3) is 2.76. The number of hydrogen-bond donors (Lipinski definition) is 2. The number of halogens is 1. The molecule has 1 heterocycles. The Morgan fingerprint density at radius 2 is 1.94 bits per heavy atom. The number of aliphatic hydroxyl groups is 2. The maximum atomic E-state index is 13.8. The van der Waals surface area contributed by atoms with Gasteiger partial charge >= 0.3 is 0 Å². The first kappa shape index (κ1) is 12.3. The molecule has 1 fully saturated rings. The lowest BCUT2D eigenvalue weighted by Gasteiger charge is -2.33. The summed E-state index contributed by atoms with van der Waals surface area (Å²) in [6.07, 6.45) is 1.80. The van der Waals surface area contributed by atoms with Crippen molar-refractivity contribution in [2.75, 3.05) is 24.6 Å². The van der Waals surface area contributed by atoms with Gasteiger partial charge in [-0.15, -0.1) is 0 Å². The Balaban J connectivity index is 2.08. The molecule has 0 atom stereocenters. The predicted molar refractivity (Wildman–Crippen MR) is 64.3 cm³/mol. The van der Waals surface area contributed by atoms with Gasteiger partial charge in [0.2, 0.25) is 0 Å². The van der Waals surface area contributed by atoms with Gasteiger partial charge in [-0.05, 0) is 36.5 Å². The van der Waals surface area contributed by atoms with Crippen LogP contribution in [0.1, 0.15) is 18.4 Å². The van der Waals surface area contributed by atoms with Gasteiger partial charge in [-0.3, -0.25) is 0 Å². The summed E-state index contributed by atoms with van der Waals surface area (Å²) in [4.78, 5) is 2.00. The molecule has 0 aromatic heterocycles. The summed E-state index contributed by atoms with van der Waals surface area (Å²) in [5.74, 6) is 0.0741. The van der Waals surface area contributed by atoms with Gasteiger partial charge in [0, 0.05) is 19.7 Å². The minimum atomic E-state index is -0.279. The quantitative estimate of drug-likeness (QED) is 0.840. The molecule has 0 bridgehead atoms. The van der Waals surface area contributed by atoms with Crippen molar-refractivity contribution in [3.05, 3.63) is 29.6 Å². The van der Waals surface area contributed by atoms with Crippen LogP contribution < -0.4 is 4.90 Å². The lowest BCUT2D eigenvalue weighted by Crippen LogP contribution is -2.35. The molecule has 1 aromatic carbocycles. The van der Waals surface area contributed by atoms with E-state index in [9.17, 15) is 4.39 Å². The molecule has 0 spiro atoms. The Kier molecular flexibility index (Phi) is 3.97. The maximum absolute atomic E-state index is 13.8. The van der Waals surface area contributed by atoms with Crippen LogP contribution in [0, 0.1) is 11.7 Å². The Morgan fingerprint density at radius 3 is 2.47 bits per heavy atom. The Bertz CT molecular complexity index is 376. The van der Waals surface area contributed by atoms with Gasteiger partial charge in [0.05, 0.1) is 12.3 Å². The maximum Gasteiger partial charge on any atom is 0.146 e. The standard InChI is InChI=1S/C13H18FNO2/c14-12-7-11(9-17)1-2-13(12)15-5-3-10(8-16)4-6-15/h1-2,7,10,16-17H,3-6,8-9H2. The van der Waals surface area contributed by atoms with Crippen LogP contribution in [0.4, 0.5) is 10.1 Å². The molecule has 0 radical (unpaired) electrons. The van der Waals surface area contributed by atoms with Crippen LogP contribution in [-0.2, 0) is 6.61 Å². The van der Waals surface area contributed by atoms with E-state index in [1.165, 1.54) is 6.07 Å². The molecule has 94 valence electrons. The summed E-state index contributed by atoms with van der Waals surface area (Å²) < 4.78 is 13.8. The van der Waals surface area contributed by atoms with E-state index in [0.717, 1.165) is 25.9 Å². The summed E-state index contributed by atoms with van der Waals surface area (Å²) in [5.41, 5.74) is 1.19. The van der Waals surface area contributed by atoms with Gasteiger partial charge in [-0.25, -0.2) is 4.39 Å². The van der Waals surface area contributed by atoms with E-state index in [-0.39, 0.29) is 19.0 Å². The molecular weight excluding hydrogens is 221 g/mol. The third-order valence-electron chi connectivity index (χ3n) is 3.41. The number of nitrogens with zero attached hydrogens (tertiary/aromatic N) is 1. The highest BCUT2D eigenvalue weighted by atomic mass is 19.1. The minimum Gasteiger partial charge on any atom is -0.396 e. The van der Waals surface area contributed by atoms with Crippen molar-refractivity contribution in [1.29, 1.82) is 0 Å². The van der Waals surface area contributed by atoms with E-state index < -0.39 is 0 Å². The monoisotopic (exact) mass is 239 g/mol. The van der Waals surface area contributed by atoms with E-state index in [0.29, 0.717) is 17.2 Å². The Hall–Kier alpha value is -1.13. The van der Waals surface area contributed by atoms with Crippen LogP contribution in [-0.4, -0.2) is 29.9 Å². The first-order chi connectivity index (χ1) is 8.24. The summed E-state index contributed by atoms with van der Waals surface area (Å²) >= 11 is 0. The lowest BCUT2D eigenvalue weighted by atomic mass is 9.97. The molecule has 1 aliphatic heterocycles. The molecule has 2 N–H and O–H groups in total. The number of benzene rings is 1. The van der Waals surface area contributed by atoms with Gasteiger partial charge < -0.3 is 15.1 Å². The van der Waals surface area contributed by atoms with Crippen LogP contribution in [0.25, 0.3) is 0 Å². The van der Waals surface area contributed by atoms with Gasteiger partial charge in [0.1, 0.15) is 5.82 Å². The van der Waals surface area contributed by atoms with Crippen LogP contribution >= 0.6 is 0 Å². The molecule has 4 heteroatoms. The molecule has 17 heavy (non-hydrogen) atoms. The SMILES string of the molecule is OCc1ccc(N2CCC(CO)CC2)c(F)c1. The normalized spacial score (nSPS) is 17.5. The Morgan fingerprint density at radius 1 is 1.24 bits per heavy atom. The van der Waals surface area contributed by atoms with E-state index in [4.69, 9.17) is 10.2 Å². The molecule has 1 saturated heterocycles. The molecular formula is C13H18FNO2. The van der Waals surface area contributed by atoms with E-state index in [2.05, 4.69) is 0 Å². The highest BCUT2D eigenvalue weighted by Gasteiger charge is 2.20. The average Bonchev–Trinajstić information content (AvgIpc) is 2.39. The average molecular weight is 239 g/mol. The van der Waals surface area contributed by atoms with Crippen molar-refractivity contribution in [3.8, 4) is 0 Å². The van der Waals surface area contributed by atoms with Gasteiger partial charge in [0.15, 0.2) is 0 Å². The number of rotatable bonds is 3.